The SMILES string of the molecule is CCCOc1nc(NCC(=O)N2CCCCC2)ccc1N. The number of rotatable bonds is 6. The van der Waals surface area contributed by atoms with Gasteiger partial charge in [0.25, 0.3) is 0 Å². The molecular formula is C15H24N4O2. The molecule has 3 N–H and O–H groups in total. The predicted octanol–water partition coefficient (Wildman–Crippen LogP) is 1.88. The van der Waals surface area contributed by atoms with Crippen LogP contribution in [0.5, 0.6) is 5.88 Å². The Morgan fingerprint density at radius 2 is 2.14 bits per heavy atom. The highest BCUT2D eigenvalue weighted by molar-refractivity contribution is 5.80. The Hall–Kier alpha value is -1.98. The molecule has 1 aromatic heterocycles. The van der Waals surface area contributed by atoms with Crippen LogP contribution in [-0.4, -0.2) is 42.0 Å². The summed E-state index contributed by atoms with van der Waals surface area (Å²) in [7, 11) is 0. The lowest BCUT2D eigenvalue weighted by Crippen LogP contribution is -2.39. The number of pyridine rings is 1. The zero-order valence-electron chi connectivity index (χ0n) is 12.6. The van der Waals surface area contributed by atoms with Gasteiger partial charge in [-0.05, 0) is 37.8 Å². The van der Waals surface area contributed by atoms with Crippen molar-refractivity contribution in [3.8, 4) is 5.88 Å². The van der Waals surface area contributed by atoms with Gasteiger partial charge in [0.05, 0.1) is 18.8 Å². The van der Waals surface area contributed by atoms with Crippen LogP contribution in [0, 0.1) is 0 Å². The van der Waals surface area contributed by atoms with Gasteiger partial charge in [-0.2, -0.15) is 4.98 Å². The van der Waals surface area contributed by atoms with Crippen LogP contribution in [0.1, 0.15) is 32.6 Å². The lowest BCUT2D eigenvalue weighted by Gasteiger charge is -2.26. The maximum atomic E-state index is 12.1. The number of hydrogen-bond acceptors (Lipinski definition) is 5. The summed E-state index contributed by atoms with van der Waals surface area (Å²) in [6.45, 7) is 4.58. The van der Waals surface area contributed by atoms with E-state index in [4.69, 9.17) is 10.5 Å². The molecular weight excluding hydrogens is 268 g/mol. The monoisotopic (exact) mass is 292 g/mol. The summed E-state index contributed by atoms with van der Waals surface area (Å²) in [5, 5.41) is 3.05. The van der Waals surface area contributed by atoms with Gasteiger partial charge in [-0.25, -0.2) is 0 Å². The lowest BCUT2D eigenvalue weighted by atomic mass is 10.1. The van der Waals surface area contributed by atoms with Crippen molar-refractivity contribution in [2.75, 3.05) is 37.3 Å². The number of hydrogen-bond donors (Lipinski definition) is 2. The molecule has 0 radical (unpaired) electrons. The summed E-state index contributed by atoms with van der Waals surface area (Å²) in [6, 6.07) is 3.50. The molecule has 6 heteroatoms. The van der Waals surface area contributed by atoms with Crippen molar-refractivity contribution in [3.63, 3.8) is 0 Å². The number of piperidine rings is 1. The molecule has 21 heavy (non-hydrogen) atoms. The first-order chi connectivity index (χ1) is 10.2. The fourth-order valence-electron chi connectivity index (χ4n) is 2.29. The third kappa shape index (κ3) is 4.51. The first-order valence-electron chi connectivity index (χ1n) is 7.61. The van der Waals surface area contributed by atoms with E-state index < -0.39 is 0 Å². The van der Waals surface area contributed by atoms with Gasteiger partial charge < -0.3 is 20.7 Å². The number of anilines is 2. The molecule has 2 heterocycles. The van der Waals surface area contributed by atoms with Crippen molar-refractivity contribution < 1.29 is 9.53 Å². The third-order valence-corrected chi connectivity index (χ3v) is 3.46. The molecule has 116 valence electrons. The minimum absolute atomic E-state index is 0.115. The Balaban J connectivity index is 1.88. The van der Waals surface area contributed by atoms with E-state index in [9.17, 15) is 4.79 Å². The molecule has 1 fully saturated rings. The highest BCUT2D eigenvalue weighted by Crippen LogP contribution is 2.21. The van der Waals surface area contributed by atoms with E-state index >= 15 is 0 Å². The number of aromatic nitrogens is 1. The molecule has 0 saturated carbocycles. The molecule has 1 aliphatic heterocycles. The van der Waals surface area contributed by atoms with Gasteiger partial charge in [0.2, 0.25) is 11.8 Å². The van der Waals surface area contributed by atoms with Crippen molar-refractivity contribution in [2.24, 2.45) is 0 Å². The first kappa shape index (κ1) is 15.4. The molecule has 6 nitrogen and oxygen atoms in total. The van der Waals surface area contributed by atoms with Gasteiger partial charge in [0, 0.05) is 13.1 Å². The maximum Gasteiger partial charge on any atom is 0.241 e. The predicted molar refractivity (Wildman–Crippen MR) is 83.4 cm³/mol. The zero-order valence-corrected chi connectivity index (χ0v) is 12.6. The van der Waals surface area contributed by atoms with Crippen LogP contribution >= 0.6 is 0 Å². The highest BCUT2D eigenvalue weighted by Gasteiger charge is 2.16. The molecule has 1 aromatic rings. The molecule has 0 unspecified atom stereocenters. The van der Waals surface area contributed by atoms with Crippen molar-refractivity contribution in [1.82, 2.24) is 9.88 Å². The summed E-state index contributed by atoms with van der Waals surface area (Å²) in [5.74, 6) is 1.15. The van der Waals surface area contributed by atoms with Crippen LogP contribution in [0.4, 0.5) is 11.5 Å². The fourth-order valence-corrected chi connectivity index (χ4v) is 2.29. The van der Waals surface area contributed by atoms with Crippen LogP contribution in [-0.2, 0) is 4.79 Å². The fraction of sp³-hybridized carbons (Fsp3) is 0.600. The number of carbonyl (C=O) groups excluding carboxylic acids is 1. The van der Waals surface area contributed by atoms with Gasteiger partial charge in [-0.3, -0.25) is 4.79 Å². The minimum atomic E-state index is 0.115. The molecule has 1 aliphatic rings. The van der Waals surface area contributed by atoms with Crippen molar-refractivity contribution in [3.05, 3.63) is 12.1 Å². The molecule has 0 atom stereocenters. The van der Waals surface area contributed by atoms with Crippen molar-refractivity contribution in [2.45, 2.75) is 32.6 Å². The van der Waals surface area contributed by atoms with Gasteiger partial charge in [0.15, 0.2) is 0 Å². The largest absolute Gasteiger partial charge is 0.476 e. The van der Waals surface area contributed by atoms with E-state index in [2.05, 4.69) is 10.3 Å². The summed E-state index contributed by atoms with van der Waals surface area (Å²) in [5.41, 5.74) is 6.32. The summed E-state index contributed by atoms with van der Waals surface area (Å²) < 4.78 is 5.48. The maximum absolute atomic E-state index is 12.1. The van der Waals surface area contributed by atoms with E-state index in [0.29, 0.717) is 24.0 Å². The van der Waals surface area contributed by atoms with Crippen LogP contribution in [0.25, 0.3) is 0 Å². The number of carbonyl (C=O) groups is 1. The Bertz CT molecular complexity index is 473. The molecule has 1 amide bonds. The second kappa shape index (κ2) is 7.71. The van der Waals surface area contributed by atoms with E-state index in [1.165, 1.54) is 6.42 Å². The second-order valence-corrected chi connectivity index (χ2v) is 5.23. The number of amides is 1. The average molecular weight is 292 g/mol. The smallest absolute Gasteiger partial charge is 0.241 e. The average Bonchev–Trinajstić information content (AvgIpc) is 2.53. The quantitative estimate of drug-likeness (QED) is 0.836. The minimum Gasteiger partial charge on any atom is -0.476 e. The zero-order chi connectivity index (χ0) is 15.1. The Labute approximate surface area is 125 Å². The molecule has 0 aliphatic carbocycles. The number of likely N-dealkylation sites (tertiary alicyclic amines) is 1. The van der Waals surface area contributed by atoms with E-state index in [1.807, 2.05) is 11.8 Å². The number of ether oxygens (including phenoxy) is 1. The van der Waals surface area contributed by atoms with Crippen molar-refractivity contribution in [1.29, 1.82) is 0 Å². The first-order valence-corrected chi connectivity index (χ1v) is 7.61. The lowest BCUT2D eigenvalue weighted by molar-refractivity contribution is -0.130. The van der Waals surface area contributed by atoms with Crippen molar-refractivity contribution >= 4 is 17.4 Å². The van der Waals surface area contributed by atoms with E-state index in [1.54, 1.807) is 12.1 Å². The summed E-state index contributed by atoms with van der Waals surface area (Å²) in [6.07, 6.45) is 4.31. The molecule has 1 saturated heterocycles. The van der Waals surface area contributed by atoms with Crippen LogP contribution in [0.15, 0.2) is 12.1 Å². The Morgan fingerprint density at radius 3 is 2.86 bits per heavy atom. The number of nitrogens with two attached hydrogens (primary N) is 1. The third-order valence-electron chi connectivity index (χ3n) is 3.46. The van der Waals surface area contributed by atoms with Gasteiger partial charge in [-0.1, -0.05) is 6.92 Å². The Kier molecular flexibility index (Phi) is 5.66. The normalized spacial score (nSPS) is 14.8. The van der Waals surface area contributed by atoms with Crippen LogP contribution < -0.4 is 15.8 Å². The molecule has 2 rings (SSSR count). The molecule has 0 aromatic carbocycles. The van der Waals surface area contributed by atoms with Gasteiger partial charge >= 0.3 is 0 Å². The van der Waals surface area contributed by atoms with E-state index in [0.717, 1.165) is 32.4 Å². The topological polar surface area (TPSA) is 80.5 Å². The highest BCUT2D eigenvalue weighted by atomic mass is 16.5. The molecule has 0 bridgehead atoms. The summed E-state index contributed by atoms with van der Waals surface area (Å²) >= 11 is 0. The number of nitrogens with zero attached hydrogens (tertiary/aromatic N) is 2. The molecule has 0 spiro atoms. The standard InChI is InChI=1S/C15H24N4O2/c1-2-10-21-15-12(16)6-7-13(18-15)17-11-14(20)19-8-4-3-5-9-19/h6-7H,2-5,8-11,16H2,1H3,(H,17,18). The van der Waals surface area contributed by atoms with E-state index in [-0.39, 0.29) is 12.5 Å². The number of nitrogen functional groups attached to an aromatic ring is 1. The Morgan fingerprint density at radius 1 is 1.38 bits per heavy atom. The number of nitrogens with one attached hydrogen (secondary N) is 1. The van der Waals surface area contributed by atoms with Gasteiger partial charge in [0.1, 0.15) is 5.82 Å². The van der Waals surface area contributed by atoms with Gasteiger partial charge in [-0.15, -0.1) is 0 Å². The van der Waals surface area contributed by atoms with Crippen LogP contribution in [0.3, 0.4) is 0 Å². The summed E-state index contributed by atoms with van der Waals surface area (Å²) in [4.78, 5) is 18.3. The van der Waals surface area contributed by atoms with Crippen LogP contribution in [0.2, 0.25) is 0 Å². The second-order valence-electron chi connectivity index (χ2n) is 5.23.